The Morgan fingerprint density at radius 1 is 1.15 bits per heavy atom. The Balaban J connectivity index is 1.77. The second kappa shape index (κ2) is 7.17. The number of aromatic nitrogens is 2. The fourth-order valence-corrected chi connectivity index (χ4v) is 3.28. The maximum atomic E-state index is 14.3. The predicted molar refractivity (Wildman–Crippen MR) is 104 cm³/mol. The van der Waals surface area contributed by atoms with Crippen LogP contribution in [0.15, 0.2) is 36.4 Å². The summed E-state index contributed by atoms with van der Waals surface area (Å²) in [5.74, 6) is -0.374. The zero-order valence-electron chi connectivity index (χ0n) is 15.0. The van der Waals surface area contributed by atoms with Gasteiger partial charge in [0.1, 0.15) is 11.9 Å². The molecule has 1 aliphatic rings. The van der Waals surface area contributed by atoms with Crippen LogP contribution in [0.3, 0.4) is 0 Å². The lowest BCUT2D eigenvalue weighted by molar-refractivity contribution is 0.589. The second-order valence-corrected chi connectivity index (χ2v) is 6.58. The monoisotopic (exact) mass is 362 g/mol. The van der Waals surface area contributed by atoms with Crippen LogP contribution in [-0.4, -0.2) is 36.4 Å². The van der Waals surface area contributed by atoms with Gasteiger partial charge in [0, 0.05) is 37.3 Å². The Bertz CT molecular complexity index is 1040. The molecule has 1 saturated heterocycles. The normalized spacial score (nSPS) is 14.2. The molecule has 1 fully saturated rings. The first-order chi connectivity index (χ1) is 13.2. The molecule has 2 aromatic carbocycles. The van der Waals surface area contributed by atoms with Crippen molar-refractivity contribution < 1.29 is 4.39 Å². The van der Waals surface area contributed by atoms with Crippen molar-refractivity contribution >= 4 is 28.0 Å². The van der Waals surface area contributed by atoms with Gasteiger partial charge in [-0.15, -0.1) is 10.2 Å². The second-order valence-electron chi connectivity index (χ2n) is 6.58. The summed E-state index contributed by atoms with van der Waals surface area (Å²) in [6.07, 6.45) is 0. The van der Waals surface area contributed by atoms with E-state index in [0.29, 0.717) is 16.9 Å². The highest BCUT2D eigenvalue weighted by molar-refractivity contribution is 5.96. The number of nitriles is 1. The van der Waals surface area contributed by atoms with Crippen molar-refractivity contribution in [2.24, 2.45) is 0 Å². The number of benzene rings is 2. The first-order valence-corrected chi connectivity index (χ1v) is 8.85. The highest BCUT2D eigenvalue weighted by atomic mass is 19.1. The average molecular weight is 362 g/mol. The van der Waals surface area contributed by atoms with E-state index in [9.17, 15) is 9.65 Å². The standard InChI is InChI=1S/C20H19FN6/c1-13-2-5-17(16(21)10-13)24-20-15-4-3-14(27-8-6-23-7-9-27)11-18(15)25-26-19(20)12-22/h2-5,10-11,23H,6-9H2,1H3,(H,24,25). The van der Waals surface area contributed by atoms with E-state index >= 15 is 0 Å². The molecule has 4 rings (SSSR count). The van der Waals surface area contributed by atoms with Crippen molar-refractivity contribution in [1.29, 1.82) is 5.26 Å². The molecule has 2 N–H and O–H groups in total. The van der Waals surface area contributed by atoms with Crippen molar-refractivity contribution in [2.75, 3.05) is 36.4 Å². The molecule has 2 heterocycles. The maximum Gasteiger partial charge on any atom is 0.187 e. The fourth-order valence-electron chi connectivity index (χ4n) is 3.28. The topological polar surface area (TPSA) is 76.9 Å². The van der Waals surface area contributed by atoms with Gasteiger partial charge >= 0.3 is 0 Å². The van der Waals surface area contributed by atoms with Crippen LogP contribution in [0.1, 0.15) is 11.3 Å². The molecule has 0 spiro atoms. The van der Waals surface area contributed by atoms with E-state index in [0.717, 1.165) is 42.8 Å². The third-order valence-electron chi connectivity index (χ3n) is 4.72. The minimum atomic E-state index is -0.374. The number of nitrogens with zero attached hydrogens (tertiary/aromatic N) is 4. The summed E-state index contributed by atoms with van der Waals surface area (Å²) in [4.78, 5) is 2.28. The Hall–Kier alpha value is -3.24. The van der Waals surface area contributed by atoms with Crippen molar-refractivity contribution in [1.82, 2.24) is 15.5 Å². The summed E-state index contributed by atoms with van der Waals surface area (Å²) in [6.45, 7) is 5.56. The lowest BCUT2D eigenvalue weighted by Gasteiger charge is -2.29. The van der Waals surface area contributed by atoms with Crippen LogP contribution in [0.2, 0.25) is 0 Å². The largest absolute Gasteiger partial charge is 0.369 e. The van der Waals surface area contributed by atoms with Crippen molar-refractivity contribution in [3.63, 3.8) is 0 Å². The third kappa shape index (κ3) is 3.39. The van der Waals surface area contributed by atoms with Crippen LogP contribution >= 0.6 is 0 Å². The van der Waals surface area contributed by atoms with Gasteiger partial charge in [-0.25, -0.2) is 4.39 Å². The van der Waals surface area contributed by atoms with Crippen LogP contribution in [0.5, 0.6) is 0 Å². The lowest BCUT2D eigenvalue weighted by atomic mass is 10.1. The first kappa shape index (κ1) is 17.2. The Labute approximate surface area is 156 Å². The van der Waals surface area contributed by atoms with Crippen LogP contribution in [0.25, 0.3) is 10.9 Å². The molecule has 0 atom stereocenters. The van der Waals surface area contributed by atoms with Crippen molar-refractivity contribution in [3.8, 4) is 6.07 Å². The smallest absolute Gasteiger partial charge is 0.187 e. The molecule has 0 aliphatic carbocycles. The molecule has 136 valence electrons. The summed E-state index contributed by atoms with van der Waals surface area (Å²) in [5, 5.41) is 24.8. The Morgan fingerprint density at radius 3 is 2.70 bits per heavy atom. The quantitative estimate of drug-likeness (QED) is 0.746. The number of rotatable bonds is 3. The van der Waals surface area contributed by atoms with E-state index < -0.39 is 0 Å². The molecule has 7 heteroatoms. The third-order valence-corrected chi connectivity index (χ3v) is 4.72. The van der Waals surface area contributed by atoms with E-state index in [4.69, 9.17) is 0 Å². The van der Waals surface area contributed by atoms with Gasteiger partial charge in [-0.05, 0) is 42.8 Å². The molecule has 3 aromatic rings. The molecule has 0 unspecified atom stereocenters. The van der Waals surface area contributed by atoms with Gasteiger partial charge in [-0.3, -0.25) is 0 Å². The minimum Gasteiger partial charge on any atom is -0.369 e. The van der Waals surface area contributed by atoms with Crippen LogP contribution in [0.4, 0.5) is 21.5 Å². The van der Waals surface area contributed by atoms with E-state index in [-0.39, 0.29) is 11.5 Å². The van der Waals surface area contributed by atoms with E-state index in [1.807, 2.05) is 37.3 Å². The molecular formula is C20H19FN6. The van der Waals surface area contributed by atoms with Gasteiger partial charge < -0.3 is 15.5 Å². The molecule has 0 saturated carbocycles. The number of aryl methyl sites for hydroxylation is 1. The number of fused-ring (bicyclic) bond motifs is 1. The molecular weight excluding hydrogens is 343 g/mol. The zero-order valence-corrected chi connectivity index (χ0v) is 15.0. The molecule has 0 bridgehead atoms. The Kier molecular flexibility index (Phi) is 4.57. The van der Waals surface area contributed by atoms with Crippen LogP contribution < -0.4 is 15.5 Å². The molecule has 0 amide bonds. The zero-order chi connectivity index (χ0) is 18.8. The summed E-state index contributed by atoms with van der Waals surface area (Å²) in [7, 11) is 0. The Morgan fingerprint density at radius 2 is 1.96 bits per heavy atom. The number of hydrogen-bond acceptors (Lipinski definition) is 6. The van der Waals surface area contributed by atoms with Gasteiger partial charge in [-0.2, -0.15) is 5.26 Å². The summed E-state index contributed by atoms with van der Waals surface area (Å²) >= 11 is 0. The molecule has 6 nitrogen and oxygen atoms in total. The van der Waals surface area contributed by atoms with Gasteiger partial charge in [0.15, 0.2) is 5.69 Å². The number of nitrogens with one attached hydrogen (secondary N) is 2. The van der Waals surface area contributed by atoms with Gasteiger partial charge in [0.2, 0.25) is 0 Å². The average Bonchev–Trinajstić information content (AvgIpc) is 2.70. The number of hydrogen-bond donors (Lipinski definition) is 2. The summed E-state index contributed by atoms with van der Waals surface area (Å²) in [5.41, 5.74) is 3.47. The first-order valence-electron chi connectivity index (χ1n) is 8.85. The van der Waals surface area contributed by atoms with Crippen LogP contribution in [0, 0.1) is 24.1 Å². The number of halogens is 1. The molecule has 0 radical (unpaired) electrons. The SMILES string of the molecule is Cc1ccc(Nc2c(C#N)nnc3cc(N4CCNCC4)ccc23)c(F)c1. The highest BCUT2D eigenvalue weighted by Gasteiger charge is 2.16. The van der Waals surface area contributed by atoms with Crippen molar-refractivity contribution in [3.05, 3.63) is 53.5 Å². The molecule has 27 heavy (non-hydrogen) atoms. The molecule has 1 aliphatic heterocycles. The molecule has 1 aromatic heterocycles. The number of piperazine rings is 1. The lowest BCUT2D eigenvalue weighted by Crippen LogP contribution is -2.43. The highest BCUT2D eigenvalue weighted by Crippen LogP contribution is 2.31. The van der Waals surface area contributed by atoms with E-state index in [2.05, 4.69) is 25.7 Å². The van der Waals surface area contributed by atoms with Gasteiger partial charge in [0.25, 0.3) is 0 Å². The number of anilines is 3. The van der Waals surface area contributed by atoms with E-state index in [1.54, 1.807) is 6.07 Å². The minimum absolute atomic E-state index is 0.136. The predicted octanol–water partition coefficient (Wildman–Crippen LogP) is 3.10. The van der Waals surface area contributed by atoms with Gasteiger partial charge in [0.05, 0.1) is 16.9 Å². The van der Waals surface area contributed by atoms with Crippen LogP contribution in [-0.2, 0) is 0 Å². The summed E-state index contributed by atoms with van der Waals surface area (Å²) < 4.78 is 14.3. The summed E-state index contributed by atoms with van der Waals surface area (Å²) in [6, 6.07) is 12.9. The van der Waals surface area contributed by atoms with E-state index in [1.165, 1.54) is 6.07 Å². The maximum absolute atomic E-state index is 14.3. The van der Waals surface area contributed by atoms with Crippen molar-refractivity contribution in [2.45, 2.75) is 6.92 Å². The fraction of sp³-hybridized carbons (Fsp3) is 0.250. The van der Waals surface area contributed by atoms with Gasteiger partial charge in [-0.1, -0.05) is 6.07 Å².